The molecule has 0 aromatic heterocycles. The van der Waals surface area contributed by atoms with Crippen LogP contribution in [0.15, 0.2) is 24.3 Å². The Balaban J connectivity index is 0.00000192. The molecule has 0 bridgehead atoms. The third kappa shape index (κ3) is 4.48. The van der Waals surface area contributed by atoms with E-state index < -0.39 is 0 Å². The number of aryl methyl sites for hydroxylation is 1. The van der Waals surface area contributed by atoms with Crippen LogP contribution in [-0.2, 0) is 0 Å². The molecule has 2 saturated heterocycles. The van der Waals surface area contributed by atoms with Crippen molar-refractivity contribution in [3.8, 4) is 0 Å². The van der Waals surface area contributed by atoms with E-state index in [1.165, 1.54) is 38.8 Å². The molecule has 1 aromatic carbocycles. The molecular weight excluding hydrogens is 308 g/mol. The van der Waals surface area contributed by atoms with Crippen LogP contribution in [0.4, 0.5) is 0 Å². The summed E-state index contributed by atoms with van der Waals surface area (Å²) >= 11 is 0. The van der Waals surface area contributed by atoms with Crippen LogP contribution in [0.3, 0.4) is 0 Å². The molecule has 4 heteroatoms. The largest absolute Gasteiger partial charge is 0.336 e. The van der Waals surface area contributed by atoms with E-state index in [4.69, 9.17) is 0 Å². The Morgan fingerprint density at radius 3 is 2.52 bits per heavy atom. The van der Waals surface area contributed by atoms with Crippen molar-refractivity contribution in [2.45, 2.75) is 51.5 Å². The third-order valence-electron chi connectivity index (χ3n) is 5.24. The van der Waals surface area contributed by atoms with Crippen molar-refractivity contribution >= 4 is 18.3 Å². The number of halogens is 1. The Bertz CT molecular complexity index is 514. The first-order valence-electron chi connectivity index (χ1n) is 8.84. The minimum absolute atomic E-state index is 0. The maximum absolute atomic E-state index is 12.9. The maximum atomic E-state index is 12.9. The molecule has 23 heavy (non-hydrogen) atoms. The summed E-state index contributed by atoms with van der Waals surface area (Å²) < 4.78 is 0. The third-order valence-corrected chi connectivity index (χ3v) is 5.24. The molecule has 1 aromatic rings. The lowest BCUT2D eigenvalue weighted by Gasteiger charge is -2.37. The minimum atomic E-state index is 0. The number of carbonyl (C=O) groups excluding carboxylic acids is 1. The highest BCUT2D eigenvalue weighted by molar-refractivity contribution is 5.95. The van der Waals surface area contributed by atoms with Crippen LogP contribution in [-0.4, -0.2) is 47.9 Å². The van der Waals surface area contributed by atoms with Crippen molar-refractivity contribution < 1.29 is 4.79 Å². The number of nitrogens with zero attached hydrogens (tertiary/aromatic N) is 2. The lowest BCUT2D eigenvalue weighted by atomic mass is 9.97. The van der Waals surface area contributed by atoms with Gasteiger partial charge in [0, 0.05) is 24.7 Å². The zero-order valence-corrected chi connectivity index (χ0v) is 15.0. The standard InChI is InChI=1S/C19H28N2O.ClH/c1-16-8-2-3-10-18(16)19(22)21-14-5-4-9-17(21)11-15-20-12-6-7-13-20;/h2-3,8,10,17H,4-7,9,11-15H2,1H3;1H. The molecule has 2 heterocycles. The normalized spacial score (nSPS) is 22.0. The van der Waals surface area contributed by atoms with E-state index in [1.807, 2.05) is 31.2 Å². The summed E-state index contributed by atoms with van der Waals surface area (Å²) in [4.78, 5) is 17.7. The number of hydrogen-bond acceptors (Lipinski definition) is 2. The Morgan fingerprint density at radius 2 is 1.78 bits per heavy atom. The number of hydrogen-bond donors (Lipinski definition) is 0. The van der Waals surface area contributed by atoms with Gasteiger partial charge in [-0.25, -0.2) is 0 Å². The Morgan fingerprint density at radius 1 is 1.09 bits per heavy atom. The second-order valence-electron chi connectivity index (χ2n) is 6.80. The average Bonchev–Trinajstić information content (AvgIpc) is 3.06. The molecule has 1 amide bonds. The number of piperidine rings is 1. The van der Waals surface area contributed by atoms with Gasteiger partial charge in [0.1, 0.15) is 0 Å². The molecule has 0 aliphatic carbocycles. The number of carbonyl (C=O) groups is 1. The highest BCUT2D eigenvalue weighted by Gasteiger charge is 2.28. The zero-order chi connectivity index (χ0) is 15.4. The van der Waals surface area contributed by atoms with Crippen molar-refractivity contribution in [2.75, 3.05) is 26.2 Å². The van der Waals surface area contributed by atoms with Crippen molar-refractivity contribution in [3.63, 3.8) is 0 Å². The van der Waals surface area contributed by atoms with Crippen LogP contribution >= 0.6 is 12.4 Å². The molecule has 3 nitrogen and oxygen atoms in total. The lowest BCUT2D eigenvalue weighted by molar-refractivity contribution is 0.0587. The van der Waals surface area contributed by atoms with Crippen LogP contribution in [0, 0.1) is 6.92 Å². The Labute approximate surface area is 146 Å². The van der Waals surface area contributed by atoms with E-state index in [1.54, 1.807) is 0 Å². The fourth-order valence-electron chi connectivity index (χ4n) is 3.87. The fourth-order valence-corrected chi connectivity index (χ4v) is 3.87. The lowest BCUT2D eigenvalue weighted by Crippen LogP contribution is -2.45. The van der Waals surface area contributed by atoms with Crippen LogP contribution in [0.5, 0.6) is 0 Å². The van der Waals surface area contributed by atoms with Gasteiger partial charge >= 0.3 is 0 Å². The van der Waals surface area contributed by atoms with Gasteiger partial charge in [-0.1, -0.05) is 18.2 Å². The summed E-state index contributed by atoms with van der Waals surface area (Å²) in [5.41, 5.74) is 1.98. The quantitative estimate of drug-likeness (QED) is 0.832. The Kier molecular flexibility index (Phi) is 6.91. The van der Waals surface area contributed by atoms with Crippen molar-refractivity contribution in [2.24, 2.45) is 0 Å². The Hall–Kier alpha value is -1.06. The number of benzene rings is 1. The summed E-state index contributed by atoms with van der Waals surface area (Å²) in [6.07, 6.45) is 7.41. The van der Waals surface area contributed by atoms with E-state index in [0.29, 0.717) is 6.04 Å². The molecule has 0 N–H and O–H groups in total. The van der Waals surface area contributed by atoms with Gasteiger partial charge in [-0.05, 0) is 70.2 Å². The van der Waals surface area contributed by atoms with Gasteiger partial charge in [-0.2, -0.15) is 0 Å². The molecule has 128 valence electrons. The van der Waals surface area contributed by atoms with Gasteiger partial charge in [-0.15, -0.1) is 12.4 Å². The van der Waals surface area contributed by atoms with Gasteiger partial charge in [-0.3, -0.25) is 4.79 Å². The van der Waals surface area contributed by atoms with Crippen LogP contribution in [0.25, 0.3) is 0 Å². The molecule has 0 saturated carbocycles. The van der Waals surface area contributed by atoms with E-state index >= 15 is 0 Å². The summed E-state index contributed by atoms with van der Waals surface area (Å²) in [5, 5.41) is 0. The molecule has 0 radical (unpaired) electrons. The molecule has 2 aliphatic heterocycles. The molecular formula is C19H29ClN2O. The number of likely N-dealkylation sites (tertiary alicyclic amines) is 2. The molecule has 2 fully saturated rings. The molecule has 0 spiro atoms. The molecule has 3 rings (SSSR count). The van der Waals surface area contributed by atoms with Gasteiger partial charge in [0.25, 0.3) is 5.91 Å². The second-order valence-corrected chi connectivity index (χ2v) is 6.80. The van der Waals surface area contributed by atoms with E-state index in [0.717, 1.165) is 37.1 Å². The minimum Gasteiger partial charge on any atom is -0.336 e. The number of amides is 1. The summed E-state index contributed by atoms with van der Waals surface area (Å²) in [6, 6.07) is 8.43. The van der Waals surface area contributed by atoms with E-state index in [2.05, 4.69) is 9.80 Å². The van der Waals surface area contributed by atoms with Crippen molar-refractivity contribution in [1.82, 2.24) is 9.80 Å². The van der Waals surface area contributed by atoms with E-state index in [9.17, 15) is 4.79 Å². The molecule has 1 atom stereocenters. The first kappa shape index (κ1) is 18.3. The summed E-state index contributed by atoms with van der Waals surface area (Å²) in [7, 11) is 0. The number of rotatable bonds is 4. The topological polar surface area (TPSA) is 23.6 Å². The highest BCUT2D eigenvalue weighted by Crippen LogP contribution is 2.24. The smallest absolute Gasteiger partial charge is 0.254 e. The van der Waals surface area contributed by atoms with Crippen LogP contribution in [0.1, 0.15) is 54.4 Å². The summed E-state index contributed by atoms with van der Waals surface area (Å²) in [6.45, 7) is 6.62. The monoisotopic (exact) mass is 336 g/mol. The van der Waals surface area contributed by atoms with Crippen LogP contribution < -0.4 is 0 Å². The maximum Gasteiger partial charge on any atom is 0.254 e. The van der Waals surface area contributed by atoms with Gasteiger partial charge in [0.15, 0.2) is 0 Å². The molecule has 1 unspecified atom stereocenters. The predicted molar refractivity (Wildman–Crippen MR) is 97.4 cm³/mol. The second kappa shape index (κ2) is 8.70. The van der Waals surface area contributed by atoms with Crippen molar-refractivity contribution in [1.29, 1.82) is 0 Å². The zero-order valence-electron chi connectivity index (χ0n) is 14.2. The van der Waals surface area contributed by atoms with Gasteiger partial charge in [0.05, 0.1) is 0 Å². The fraction of sp³-hybridized carbons (Fsp3) is 0.632. The predicted octanol–water partition coefficient (Wildman–Crippen LogP) is 3.90. The average molecular weight is 337 g/mol. The highest BCUT2D eigenvalue weighted by atomic mass is 35.5. The van der Waals surface area contributed by atoms with E-state index in [-0.39, 0.29) is 18.3 Å². The molecule has 2 aliphatic rings. The first-order chi connectivity index (χ1) is 10.8. The first-order valence-corrected chi connectivity index (χ1v) is 8.84. The van der Waals surface area contributed by atoms with Gasteiger partial charge < -0.3 is 9.80 Å². The SMILES string of the molecule is Cc1ccccc1C(=O)N1CCCCC1CCN1CCCC1.Cl. The van der Waals surface area contributed by atoms with Crippen molar-refractivity contribution in [3.05, 3.63) is 35.4 Å². The van der Waals surface area contributed by atoms with Crippen LogP contribution in [0.2, 0.25) is 0 Å². The summed E-state index contributed by atoms with van der Waals surface area (Å²) in [5.74, 6) is 0.240. The van der Waals surface area contributed by atoms with Gasteiger partial charge in [0.2, 0.25) is 0 Å².